The van der Waals surface area contributed by atoms with Crippen LogP contribution in [0.15, 0.2) is 54.7 Å². The molecule has 19 heavy (non-hydrogen) atoms. The van der Waals surface area contributed by atoms with Gasteiger partial charge in [0.1, 0.15) is 5.82 Å². The molecule has 2 aromatic carbocycles. The van der Waals surface area contributed by atoms with Crippen LogP contribution in [-0.4, -0.2) is 9.97 Å². The van der Waals surface area contributed by atoms with Gasteiger partial charge in [0, 0.05) is 16.8 Å². The molecule has 0 aliphatic heterocycles. The molecule has 0 aliphatic carbocycles. The van der Waals surface area contributed by atoms with Gasteiger partial charge in [-0.05, 0) is 18.6 Å². The van der Waals surface area contributed by atoms with E-state index < -0.39 is 0 Å². The van der Waals surface area contributed by atoms with E-state index in [9.17, 15) is 0 Å². The summed E-state index contributed by atoms with van der Waals surface area (Å²) in [5.74, 6) is 0.870. The summed E-state index contributed by atoms with van der Waals surface area (Å²) in [6, 6.07) is 16.1. The topological polar surface area (TPSA) is 54.7 Å². The number of nitrogens with zero attached hydrogens (tertiary/aromatic N) is 1. The second kappa shape index (κ2) is 4.61. The van der Waals surface area contributed by atoms with Gasteiger partial charge < -0.3 is 10.7 Å². The number of aryl methyl sites for hydroxylation is 1. The molecular formula is C16H15N3. The Morgan fingerprint density at radius 3 is 2.53 bits per heavy atom. The van der Waals surface area contributed by atoms with Gasteiger partial charge in [0.2, 0.25) is 0 Å². The van der Waals surface area contributed by atoms with E-state index in [1.54, 1.807) is 0 Å². The SMILES string of the molecule is Cc1ccc(-c2cnc(-c3ccccc3)[nH]2)cc1N. The first-order chi connectivity index (χ1) is 9.24. The number of rotatable bonds is 2. The molecule has 3 aromatic rings. The fraction of sp³-hybridized carbons (Fsp3) is 0.0625. The smallest absolute Gasteiger partial charge is 0.137 e. The van der Waals surface area contributed by atoms with Crippen LogP contribution < -0.4 is 5.73 Å². The van der Waals surface area contributed by atoms with Gasteiger partial charge in [-0.2, -0.15) is 0 Å². The average molecular weight is 249 g/mol. The summed E-state index contributed by atoms with van der Waals surface area (Å²) in [4.78, 5) is 7.74. The molecule has 0 saturated carbocycles. The Balaban J connectivity index is 1.99. The lowest BCUT2D eigenvalue weighted by molar-refractivity contribution is 1.31. The first-order valence-corrected chi connectivity index (χ1v) is 6.21. The van der Waals surface area contributed by atoms with Crippen LogP contribution in [0.4, 0.5) is 5.69 Å². The number of aromatic nitrogens is 2. The van der Waals surface area contributed by atoms with Crippen LogP contribution in [0.25, 0.3) is 22.6 Å². The summed E-state index contributed by atoms with van der Waals surface area (Å²) >= 11 is 0. The highest BCUT2D eigenvalue weighted by molar-refractivity contribution is 5.68. The molecule has 0 spiro atoms. The Labute approximate surface area is 112 Å². The second-order valence-corrected chi connectivity index (χ2v) is 4.58. The van der Waals surface area contributed by atoms with Gasteiger partial charge in [-0.3, -0.25) is 0 Å². The molecule has 0 atom stereocenters. The number of aromatic amines is 1. The molecule has 3 N–H and O–H groups in total. The third kappa shape index (κ3) is 2.22. The minimum Gasteiger partial charge on any atom is -0.398 e. The highest BCUT2D eigenvalue weighted by atomic mass is 14.9. The van der Waals surface area contributed by atoms with Crippen molar-refractivity contribution in [3.8, 4) is 22.6 Å². The lowest BCUT2D eigenvalue weighted by atomic mass is 10.1. The molecule has 0 fully saturated rings. The third-order valence-corrected chi connectivity index (χ3v) is 3.21. The van der Waals surface area contributed by atoms with Crippen molar-refractivity contribution in [1.29, 1.82) is 0 Å². The summed E-state index contributed by atoms with van der Waals surface area (Å²) in [6.07, 6.45) is 1.84. The molecule has 94 valence electrons. The molecule has 3 nitrogen and oxygen atoms in total. The fourth-order valence-corrected chi connectivity index (χ4v) is 2.02. The van der Waals surface area contributed by atoms with E-state index in [1.807, 2.05) is 61.7 Å². The minimum absolute atomic E-state index is 0.799. The van der Waals surface area contributed by atoms with Gasteiger partial charge in [0.25, 0.3) is 0 Å². The highest BCUT2D eigenvalue weighted by Gasteiger charge is 2.06. The lowest BCUT2D eigenvalue weighted by Crippen LogP contribution is -1.90. The Morgan fingerprint density at radius 1 is 1.00 bits per heavy atom. The van der Waals surface area contributed by atoms with E-state index >= 15 is 0 Å². The monoisotopic (exact) mass is 249 g/mol. The Hall–Kier alpha value is -2.55. The zero-order valence-electron chi connectivity index (χ0n) is 10.7. The maximum absolute atomic E-state index is 5.94. The molecule has 0 aliphatic rings. The Bertz CT molecular complexity index is 699. The average Bonchev–Trinajstić information content (AvgIpc) is 2.93. The summed E-state index contributed by atoms with van der Waals surface area (Å²) < 4.78 is 0. The number of nitrogens with one attached hydrogen (secondary N) is 1. The summed E-state index contributed by atoms with van der Waals surface area (Å²) in [5, 5.41) is 0. The number of benzene rings is 2. The van der Waals surface area contributed by atoms with Crippen molar-refractivity contribution in [2.75, 3.05) is 5.73 Å². The zero-order valence-corrected chi connectivity index (χ0v) is 10.7. The van der Waals surface area contributed by atoms with E-state index in [0.717, 1.165) is 33.9 Å². The number of hydrogen-bond donors (Lipinski definition) is 2. The Morgan fingerprint density at radius 2 is 1.79 bits per heavy atom. The molecule has 0 bridgehead atoms. The van der Waals surface area contributed by atoms with E-state index in [4.69, 9.17) is 5.73 Å². The molecule has 0 amide bonds. The quantitative estimate of drug-likeness (QED) is 0.681. The van der Waals surface area contributed by atoms with E-state index in [1.165, 1.54) is 0 Å². The number of hydrogen-bond acceptors (Lipinski definition) is 2. The van der Waals surface area contributed by atoms with Crippen LogP contribution >= 0.6 is 0 Å². The van der Waals surface area contributed by atoms with Crippen molar-refractivity contribution in [3.05, 3.63) is 60.3 Å². The molecule has 0 saturated heterocycles. The number of anilines is 1. The maximum atomic E-state index is 5.94. The molecule has 3 rings (SSSR count). The van der Waals surface area contributed by atoms with Crippen molar-refractivity contribution >= 4 is 5.69 Å². The normalized spacial score (nSPS) is 10.6. The first-order valence-electron chi connectivity index (χ1n) is 6.21. The van der Waals surface area contributed by atoms with Gasteiger partial charge in [0.05, 0.1) is 11.9 Å². The zero-order chi connectivity index (χ0) is 13.2. The van der Waals surface area contributed by atoms with Gasteiger partial charge in [-0.1, -0.05) is 42.5 Å². The van der Waals surface area contributed by atoms with E-state index in [2.05, 4.69) is 9.97 Å². The second-order valence-electron chi connectivity index (χ2n) is 4.58. The number of imidazole rings is 1. The molecular weight excluding hydrogens is 234 g/mol. The molecule has 0 radical (unpaired) electrons. The van der Waals surface area contributed by atoms with Crippen LogP contribution in [0.1, 0.15) is 5.56 Å². The third-order valence-electron chi connectivity index (χ3n) is 3.21. The summed E-state index contributed by atoms with van der Waals surface area (Å²) in [7, 11) is 0. The molecule has 1 aromatic heterocycles. The van der Waals surface area contributed by atoms with Crippen LogP contribution in [0.2, 0.25) is 0 Å². The predicted molar refractivity (Wildman–Crippen MR) is 78.6 cm³/mol. The molecule has 1 heterocycles. The van der Waals surface area contributed by atoms with Crippen LogP contribution in [0.3, 0.4) is 0 Å². The highest BCUT2D eigenvalue weighted by Crippen LogP contribution is 2.24. The maximum Gasteiger partial charge on any atom is 0.137 e. The number of nitrogen functional groups attached to an aromatic ring is 1. The minimum atomic E-state index is 0.799. The van der Waals surface area contributed by atoms with Gasteiger partial charge >= 0.3 is 0 Å². The van der Waals surface area contributed by atoms with E-state index in [-0.39, 0.29) is 0 Å². The van der Waals surface area contributed by atoms with Crippen molar-refractivity contribution < 1.29 is 0 Å². The van der Waals surface area contributed by atoms with Gasteiger partial charge in [-0.15, -0.1) is 0 Å². The number of H-pyrrole nitrogens is 1. The van der Waals surface area contributed by atoms with Gasteiger partial charge in [0.15, 0.2) is 0 Å². The van der Waals surface area contributed by atoms with Crippen LogP contribution in [0.5, 0.6) is 0 Å². The lowest BCUT2D eigenvalue weighted by Gasteiger charge is -2.03. The van der Waals surface area contributed by atoms with Crippen LogP contribution in [0, 0.1) is 6.92 Å². The van der Waals surface area contributed by atoms with Crippen molar-refractivity contribution in [3.63, 3.8) is 0 Å². The van der Waals surface area contributed by atoms with Crippen molar-refractivity contribution in [2.45, 2.75) is 6.92 Å². The predicted octanol–water partition coefficient (Wildman–Crippen LogP) is 3.63. The van der Waals surface area contributed by atoms with Crippen molar-refractivity contribution in [2.24, 2.45) is 0 Å². The largest absolute Gasteiger partial charge is 0.398 e. The first kappa shape index (κ1) is 11.5. The summed E-state index contributed by atoms with van der Waals surface area (Å²) in [5.41, 5.74) is 10.9. The molecule has 0 unspecified atom stereocenters. The van der Waals surface area contributed by atoms with Crippen LogP contribution in [-0.2, 0) is 0 Å². The summed E-state index contributed by atoms with van der Waals surface area (Å²) in [6.45, 7) is 2.00. The Kier molecular flexibility index (Phi) is 2.80. The molecule has 3 heteroatoms. The fourth-order valence-electron chi connectivity index (χ4n) is 2.02. The number of nitrogens with two attached hydrogens (primary N) is 1. The van der Waals surface area contributed by atoms with Crippen molar-refractivity contribution in [1.82, 2.24) is 9.97 Å². The standard InChI is InChI=1S/C16H15N3/c1-11-7-8-13(9-14(11)17)15-10-18-16(19-15)12-5-3-2-4-6-12/h2-10H,17H2,1H3,(H,18,19). The van der Waals surface area contributed by atoms with Gasteiger partial charge in [-0.25, -0.2) is 4.98 Å². The van der Waals surface area contributed by atoms with E-state index in [0.29, 0.717) is 0 Å².